The average molecular weight is 274 g/mol. The van der Waals surface area contributed by atoms with Crippen molar-refractivity contribution in [2.45, 2.75) is 0 Å². The summed E-state index contributed by atoms with van der Waals surface area (Å²) in [5.74, 6) is 0. The summed E-state index contributed by atoms with van der Waals surface area (Å²) in [6.45, 7) is 3.78. The van der Waals surface area contributed by atoms with Gasteiger partial charge in [0.15, 0.2) is 0 Å². The van der Waals surface area contributed by atoms with Crippen molar-refractivity contribution in [2.75, 3.05) is 38.1 Å². The Morgan fingerprint density at radius 3 is 2.35 bits per heavy atom. The van der Waals surface area contributed by atoms with Crippen LogP contribution in [0.3, 0.4) is 0 Å². The number of rotatable bonds is 2. The summed E-state index contributed by atoms with van der Waals surface area (Å²) in [7, 11) is 2.09. The smallest absolute Gasteiger partial charge is 0.128 e. The topological polar surface area (TPSA) is 35.9 Å². The third-order valence-electron chi connectivity index (χ3n) is 2.98. The van der Waals surface area contributed by atoms with Gasteiger partial charge in [-0.1, -0.05) is 23.2 Å². The van der Waals surface area contributed by atoms with Crippen molar-refractivity contribution in [3.8, 4) is 0 Å². The van der Waals surface area contributed by atoms with Gasteiger partial charge in [0.25, 0.3) is 0 Å². The van der Waals surface area contributed by atoms with Gasteiger partial charge in [-0.05, 0) is 24.4 Å². The number of benzene rings is 1. The van der Waals surface area contributed by atoms with Crippen molar-refractivity contribution < 1.29 is 0 Å². The summed E-state index contributed by atoms with van der Waals surface area (Å²) in [4.78, 5) is 14.9. The third kappa shape index (κ3) is 2.54. The van der Waals surface area contributed by atoms with E-state index in [9.17, 15) is 4.91 Å². The minimum Gasteiger partial charge on any atom is -0.368 e. The highest BCUT2D eigenvalue weighted by molar-refractivity contribution is 6.45. The van der Waals surface area contributed by atoms with Crippen LogP contribution in [-0.2, 0) is 0 Å². The number of piperazine rings is 1. The van der Waals surface area contributed by atoms with Gasteiger partial charge in [0.1, 0.15) is 5.69 Å². The fourth-order valence-electron chi connectivity index (χ4n) is 1.89. The average Bonchev–Trinajstić information content (AvgIpc) is 2.34. The molecule has 1 aromatic carbocycles. The standard InChI is InChI=1S/C11H13Cl2N3O/c1-15-4-6-16(7-5-15)9-3-2-8(14-17)10(12)11(9)13/h2-3H,4-7H2,1H3. The van der Waals surface area contributed by atoms with E-state index in [1.165, 1.54) is 0 Å². The zero-order valence-electron chi connectivity index (χ0n) is 9.49. The SMILES string of the molecule is CN1CCN(c2ccc(N=O)c(Cl)c2Cl)CC1. The van der Waals surface area contributed by atoms with Gasteiger partial charge < -0.3 is 9.80 Å². The van der Waals surface area contributed by atoms with Crippen molar-refractivity contribution in [3.05, 3.63) is 27.1 Å². The van der Waals surface area contributed by atoms with E-state index < -0.39 is 0 Å². The number of hydrogen-bond donors (Lipinski definition) is 0. The molecule has 1 saturated heterocycles. The molecule has 0 aliphatic carbocycles. The number of anilines is 1. The van der Waals surface area contributed by atoms with Crippen LogP contribution in [-0.4, -0.2) is 38.1 Å². The van der Waals surface area contributed by atoms with Crippen molar-refractivity contribution in [1.82, 2.24) is 4.90 Å². The zero-order chi connectivity index (χ0) is 12.4. The molecule has 0 unspecified atom stereocenters. The summed E-state index contributed by atoms with van der Waals surface area (Å²) in [5, 5.41) is 3.48. The summed E-state index contributed by atoms with van der Waals surface area (Å²) in [5.41, 5.74) is 1.06. The molecule has 1 aliphatic heterocycles. The molecule has 0 saturated carbocycles. The summed E-state index contributed by atoms with van der Waals surface area (Å²) in [6.07, 6.45) is 0. The van der Waals surface area contributed by atoms with E-state index in [-0.39, 0.29) is 10.7 Å². The Kier molecular flexibility index (Phi) is 3.86. The van der Waals surface area contributed by atoms with E-state index in [4.69, 9.17) is 23.2 Å². The fourth-order valence-corrected chi connectivity index (χ4v) is 2.36. The Hall–Kier alpha value is -0.840. The van der Waals surface area contributed by atoms with E-state index >= 15 is 0 Å². The molecule has 0 atom stereocenters. The number of halogens is 2. The van der Waals surface area contributed by atoms with Crippen molar-refractivity contribution >= 4 is 34.6 Å². The van der Waals surface area contributed by atoms with E-state index in [1.54, 1.807) is 12.1 Å². The summed E-state index contributed by atoms with van der Waals surface area (Å²) in [6, 6.07) is 3.41. The molecule has 0 bridgehead atoms. The molecule has 4 nitrogen and oxygen atoms in total. The predicted octanol–water partition coefficient (Wildman–Crippen LogP) is 3.14. The molecule has 0 amide bonds. The zero-order valence-corrected chi connectivity index (χ0v) is 11.0. The normalized spacial score (nSPS) is 17.2. The molecule has 1 aliphatic rings. The quantitative estimate of drug-likeness (QED) is 0.777. The molecule has 17 heavy (non-hydrogen) atoms. The van der Waals surface area contributed by atoms with E-state index in [2.05, 4.69) is 22.0 Å². The van der Waals surface area contributed by atoms with Crippen LogP contribution in [0.5, 0.6) is 0 Å². The largest absolute Gasteiger partial charge is 0.368 e. The maximum atomic E-state index is 10.5. The van der Waals surface area contributed by atoms with Gasteiger partial charge in [-0.15, -0.1) is 4.91 Å². The second-order valence-corrected chi connectivity index (χ2v) is 4.87. The highest BCUT2D eigenvalue weighted by Crippen LogP contribution is 2.39. The molecular weight excluding hydrogens is 261 g/mol. The summed E-state index contributed by atoms with van der Waals surface area (Å²) < 4.78 is 0. The Labute approximate surface area is 110 Å². The van der Waals surface area contributed by atoms with Crippen LogP contribution in [0.25, 0.3) is 0 Å². The van der Waals surface area contributed by atoms with Gasteiger partial charge in [-0.25, -0.2) is 0 Å². The molecule has 2 rings (SSSR count). The monoisotopic (exact) mass is 273 g/mol. The number of nitrogens with zero attached hydrogens (tertiary/aromatic N) is 3. The van der Waals surface area contributed by atoms with Crippen molar-refractivity contribution in [3.63, 3.8) is 0 Å². The maximum absolute atomic E-state index is 10.5. The summed E-state index contributed by atoms with van der Waals surface area (Å²) >= 11 is 12.1. The lowest BCUT2D eigenvalue weighted by Crippen LogP contribution is -2.44. The number of likely N-dealkylation sites (N-methyl/N-ethyl adjacent to an activating group) is 1. The molecule has 0 aromatic heterocycles. The van der Waals surface area contributed by atoms with Crippen LogP contribution >= 0.6 is 23.2 Å². The van der Waals surface area contributed by atoms with Crippen molar-refractivity contribution in [2.24, 2.45) is 5.18 Å². The Morgan fingerprint density at radius 1 is 1.12 bits per heavy atom. The van der Waals surface area contributed by atoms with Crippen LogP contribution in [0, 0.1) is 4.91 Å². The lowest BCUT2D eigenvalue weighted by molar-refractivity contribution is 0.313. The molecule has 0 spiro atoms. The first-order chi connectivity index (χ1) is 8.13. The lowest BCUT2D eigenvalue weighted by Gasteiger charge is -2.34. The van der Waals surface area contributed by atoms with Crippen LogP contribution in [0.15, 0.2) is 17.3 Å². The Balaban J connectivity index is 2.27. The fraction of sp³-hybridized carbons (Fsp3) is 0.455. The molecule has 1 fully saturated rings. The van der Waals surface area contributed by atoms with E-state index in [0.717, 1.165) is 31.9 Å². The van der Waals surface area contributed by atoms with Crippen LogP contribution in [0.1, 0.15) is 0 Å². The predicted molar refractivity (Wildman–Crippen MR) is 71.6 cm³/mol. The van der Waals surface area contributed by atoms with Crippen LogP contribution < -0.4 is 4.90 Å². The molecule has 92 valence electrons. The second-order valence-electron chi connectivity index (χ2n) is 4.11. The first-order valence-electron chi connectivity index (χ1n) is 5.38. The van der Waals surface area contributed by atoms with Crippen LogP contribution in [0.4, 0.5) is 11.4 Å². The van der Waals surface area contributed by atoms with Gasteiger partial charge >= 0.3 is 0 Å². The van der Waals surface area contributed by atoms with Gasteiger partial charge in [-0.2, -0.15) is 0 Å². The van der Waals surface area contributed by atoms with Crippen molar-refractivity contribution in [1.29, 1.82) is 0 Å². The van der Waals surface area contributed by atoms with E-state index in [1.807, 2.05) is 0 Å². The third-order valence-corrected chi connectivity index (χ3v) is 3.85. The molecule has 0 N–H and O–H groups in total. The van der Waals surface area contributed by atoms with Gasteiger partial charge in [0.2, 0.25) is 0 Å². The molecule has 0 radical (unpaired) electrons. The lowest BCUT2D eigenvalue weighted by atomic mass is 10.2. The van der Waals surface area contributed by atoms with Gasteiger partial charge in [0.05, 0.1) is 15.7 Å². The number of nitroso groups, excluding NO2 is 1. The minimum absolute atomic E-state index is 0.189. The molecule has 6 heteroatoms. The molecular formula is C11H13Cl2N3O. The van der Waals surface area contributed by atoms with Gasteiger partial charge in [-0.3, -0.25) is 0 Å². The highest BCUT2D eigenvalue weighted by atomic mass is 35.5. The maximum Gasteiger partial charge on any atom is 0.128 e. The Morgan fingerprint density at radius 2 is 1.76 bits per heavy atom. The minimum atomic E-state index is 0.189. The first-order valence-corrected chi connectivity index (χ1v) is 6.14. The van der Waals surface area contributed by atoms with Crippen LogP contribution in [0.2, 0.25) is 10.0 Å². The first kappa shape index (κ1) is 12.6. The van der Waals surface area contributed by atoms with Gasteiger partial charge in [0, 0.05) is 26.2 Å². The molecule has 1 heterocycles. The number of hydrogen-bond acceptors (Lipinski definition) is 4. The highest BCUT2D eigenvalue weighted by Gasteiger charge is 2.19. The molecule has 1 aromatic rings. The Bertz CT molecular complexity index is 431. The second kappa shape index (κ2) is 5.21. The van der Waals surface area contributed by atoms with E-state index in [0.29, 0.717) is 5.02 Å².